The Morgan fingerprint density at radius 2 is 2.00 bits per heavy atom. The molecule has 1 aromatic heterocycles. The molecular formula is C15H21FIN5. The van der Waals surface area contributed by atoms with Gasteiger partial charge in [-0.2, -0.15) is 5.10 Å². The second kappa shape index (κ2) is 8.72. The predicted molar refractivity (Wildman–Crippen MR) is 96.8 cm³/mol. The monoisotopic (exact) mass is 417 g/mol. The maximum absolute atomic E-state index is 13.2. The first-order valence-corrected chi connectivity index (χ1v) is 6.76. The lowest BCUT2D eigenvalue weighted by Gasteiger charge is -2.12. The van der Waals surface area contributed by atoms with Crippen LogP contribution in [-0.2, 0) is 20.1 Å². The Morgan fingerprint density at radius 3 is 2.59 bits per heavy atom. The van der Waals surface area contributed by atoms with E-state index in [1.54, 1.807) is 26.2 Å². The molecular weight excluding hydrogens is 396 g/mol. The average molecular weight is 417 g/mol. The van der Waals surface area contributed by atoms with E-state index >= 15 is 0 Å². The first kappa shape index (κ1) is 18.4. The molecule has 1 aromatic carbocycles. The number of aromatic nitrogens is 2. The van der Waals surface area contributed by atoms with Gasteiger partial charge in [-0.1, -0.05) is 12.1 Å². The highest BCUT2D eigenvalue weighted by molar-refractivity contribution is 14.0. The van der Waals surface area contributed by atoms with Gasteiger partial charge in [-0.25, -0.2) is 4.39 Å². The topological polar surface area (TPSA) is 54.2 Å². The number of rotatable bonds is 4. The number of hydrogen-bond acceptors (Lipinski definition) is 2. The molecule has 0 amide bonds. The second-order valence-electron chi connectivity index (χ2n) is 4.81. The summed E-state index contributed by atoms with van der Waals surface area (Å²) in [5.41, 5.74) is 2.72. The van der Waals surface area contributed by atoms with Crippen LogP contribution in [0.5, 0.6) is 0 Å². The second-order valence-corrected chi connectivity index (χ2v) is 4.81. The van der Waals surface area contributed by atoms with Gasteiger partial charge in [0.1, 0.15) is 5.82 Å². The van der Waals surface area contributed by atoms with E-state index in [2.05, 4.69) is 20.7 Å². The van der Waals surface area contributed by atoms with Crippen molar-refractivity contribution in [3.63, 3.8) is 0 Å². The lowest BCUT2D eigenvalue weighted by Crippen LogP contribution is -2.36. The number of nitrogens with zero attached hydrogens (tertiary/aromatic N) is 3. The number of guanidine groups is 1. The summed E-state index contributed by atoms with van der Waals surface area (Å²) in [7, 11) is 3.61. The number of halogens is 2. The molecule has 0 radical (unpaired) electrons. The van der Waals surface area contributed by atoms with Crippen molar-refractivity contribution in [2.45, 2.75) is 20.0 Å². The van der Waals surface area contributed by atoms with Crippen molar-refractivity contribution < 1.29 is 4.39 Å². The molecule has 0 saturated carbocycles. The number of benzene rings is 1. The molecule has 5 nitrogen and oxygen atoms in total. The van der Waals surface area contributed by atoms with Gasteiger partial charge in [0.25, 0.3) is 0 Å². The van der Waals surface area contributed by atoms with Gasteiger partial charge < -0.3 is 10.6 Å². The minimum absolute atomic E-state index is 0. The lowest BCUT2D eigenvalue weighted by molar-refractivity contribution is 0.617. The Labute approximate surface area is 147 Å². The minimum atomic E-state index is -0.183. The Morgan fingerprint density at radius 1 is 1.27 bits per heavy atom. The van der Waals surface area contributed by atoms with Crippen LogP contribution in [-0.4, -0.2) is 22.8 Å². The molecule has 22 heavy (non-hydrogen) atoms. The van der Waals surface area contributed by atoms with E-state index in [4.69, 9.17) is 0 Å². The molecule has 0 aliphatic carbocycles. The van der Waals surface area contributed by atoms with Crippen LogP contribution in [0, 0.1) is 12.7 Å². The van der Waals surface area contributed by atoms with Gasteiger partial charge in [-0.3, -0.25) is 9.67 Å². The van der Waals surface area contributed by atoms with Crippen molar-refractivity contribution in [3.05, 3.63) is 53.1 Å². The molecule has 0 fully saturated rings. The molecule has 7 heteroatoms. The van der Waals surface area contributed by atoms with Gasteiger partial charge in [0.05, 0.1) is 12.2 Å². The van der Waals surface area contributed by atoms with Gasteiger partial charge >= 0.3 is 0 Å². The van der Waals surface area contributed by atoms with E-state index in [1.807, 2.05) is 23.9 Å². The lowest BCUT2D eigenvalue weighted by atomic mass is 10.1. The molecule has 0 saturated heterocycles. The van der Waals surface area contributed by atoms with E-state index in [1.165, 1.54) is 6.07 Å². The zero-order chi connectivity index (χ0) is 15.2. The predicted octanol–water partition coefficient (Wildman–Crippen LogP) is 2.35. The van der Waals surface area contributed by atoms with Gasteiger partial charge in [0.2, 0.25) is 0 Å². The first-order valence-electron chi connectivity index (χ1n) is 6.76. The quantitative estimate of drug-likeness (QED) is 0.456. The van der Waals surface area contributed by atoms with Crippen LogP contribution >= 0.6 is 24.0 Å². The maximum Gasteiger partial charge on any atom is 0.191 e. The number of aryl methyl sites for hydroxylation is 2. The Balaban J connectivity index is 0.00000242. The molecule has 2 N–H and O–H groups in total. The zero-order valence-corrected chi connectivity index (χ0v) is 15.3. The fraction of sp³-hybridized carbons (Fsp3) is 0.333. The summed E-state index contributed by atoms with van der Waals surface area (Å²) in [6, 6.07) is 7.03. The van der Waals surface area contributed by atoms with E-state index < -0.39 is 0 Å². The summed E-state index contributed by atoms with van der Waals surface area (Å²) in [5.74, 6) is 0.510. The van der Waals surface area contributed by atoms with Crippen molar-refractivity contribution in [1.29, 1.82) is 0 Å². The molecule has 0 unspecified atom stereocenters. The molecule has 2 aromatic rings. The molecule has 0 aliphatic heterocycles. The maximum atomic E-state index is 13.2. The molecule has 1 heterocycles. The van der Waals surface area contributed by atoms with Crippen molar-refractivity contribution in [1.82, 2.24) is 20.4 Å². The molecule has 0 bridgehead atoms. The van der Waals surface area contributed by atoms with Crippen LogP contribution in [0.25, 0.3) is 0 Å². The van der Waals surface area contributed by atoms with Crippen molar-refractivity contribution >= 4 is 29.9 Å². The third kappa shape index (κ3) is 4.97. The summed E-state index contributed by atoms with van der Waals surface area (Å²) in [5, 5.41) is 10.5. The van der Waals surface area contributed by atoms with Gasteiger partial charge in [0, 0.05) is 26.8 Å². The Kier molecular flexibility index (Phi) is 7.30. The fourth-order valence-electron chi connectivity index (χ4n) is 1.97. The summed E-state index contributed by atoms with van der Waals surface area (Å²) in [6.45, 7) is 2.99. The normalized spacial score (nSPS) is 11.0. The van der Waals surface area contributed by atoms with Crippen LogP contribution < -0.4 is 10.6 Å². The summed E-state index contributed by atoms with van der Waals surface area (Å²) < 4.78 is 15.0. The van der Waals surface area contributed by atoms with Crippen LogP contribution in [0.4, 0.5) is 4.39 Å². The third-order valence-electron chi connectivity index (χ3n) is 3.27. The Bertz CT molecular complexity index is 639. The zero-order valence-electron chi connectivity index (χ0n) is 12.9. The third-order valence-corrected chi connectivity index (χ3v) is 3.27. The van der Waals surface area contributed by atoms with Crippen molar-refractivity contribution in [2.24, 2.45) is 12.0 Å². The summed E-state index contributed by atoms with van der Waals surface area (Å²) in [4.78, 5) is 4.16. The largest absolute Gasteiger partial charge is 0.352 e. The van der Waals surface area contributed by atoms with Gasteiger partial charge in [0.15, 0.2) is 5.96 Å². The standard InChI is InChI=1S/C15H20FN5.HI/c1-11-8-12(4-5-14(11)16)9-18-15(17-2)19-10-13-6-7-20-21(13)3;/h4-8H,9-10H2,1-3H3,(H2,17,18,19);1H. The van der Waals surface area contributed by atoms with Crippen LogP contribution in [0.1, 0.15) is 16.8 Å². The highest BCUT2D eigenvalue weighted by Gasteiger charge is 2.03. The van der Waals surface area contributed by atoms with Crippen LogP contribution in [0.2, 0.25) is 0 Å². The van der Waals surface area contributed by atoms with E-state index in [9.17, 15) is 4.39 Å². The number of aliphatic imine (C=N–C) groups is 1. The van der Waals surface area contributed by atoms with Gasteiger partial charge in [-0.05, 0) is 30.2 Å². The highest BCUT2D eigenvalue weighted by atomic mass is 127. The molecule has 0 atom stereocenters. The number of hydrogen-bond donors (Lipinski definition) is 2. The summed E-state index contributed by atoms with van der Waals surface area (Å²) in [6.07, 6.45) is 1.76. The summed E-state index contributed by atoms with van der Waals surface area (Å²) >= 11 is 0. The van der Waals surface area contributed by atoms with E-state index in [0.29, 0.717) is 24.6 Å². The molecule has 2 rings (SSSR count). The van der Waals surface area contributed by atoms with Gasteiger partial charge in [-0.15, -0.1) is 24.0 Å². The smallest absolute Gasteiger partial charge is 0.191 e. The fourth-order valence-corrected chi connectivity index (χ4v) is 1.97. The average Bonchev–Trinajstić information content (AvgIpc) is 2.88. The molecule has 0 spiro atoms. The van der Waals surface area contributed by atoms with E-state index in [-0.39, 0.29) is 29.8 Å². The SMILES string of the molecule is CN=C(NCc1ccc(F)c(C)c1)NCc1ccnn1C.I. The molecule has 120 valence electrons. The minimum Gasteiger partial charge on any atom is -0.352 e. The highest BCUT2D eigenvalue weighted by Crippen LogP contribution is 2.08. The molecule has 0 aliphatic rings. The first-order chi connectivity index (χ1) is 10.1. The number of nitrogens with one attached hydrogen (secondary N) is 2. The Hall–Kier alpha value is -1.64. The van der Waals surface area contributed by atoms with Crippen LogP contribution in [0.3, 0.4) is 0 Å². The van der Waals surface area contributed by atoms with Crippen LogP contribution in [0.15, 0.2) is 35.5 Å². The van der Waals surface area contributed by atoms with Crippen molar-refractivity contribution in [3.8, 4) is 0 Å². The van der Waals surface area contributed by atoms with Crippen molar-refractivity contribution in [2.75, 3.05) is 7.05 Å². The van der Waals surface area contributed by atoms with E-state index in [0.717, 1.165) is 11.3 Å².